The maximum atomic E-state index is 13.9. The van der Waals surface area contributed by atoms with Crippen molar-refractivity contribution < 1.29 is 28.6 Å². The van der Waals surface area contributed by atoms with Gasteiger partial charge in [-0.15, -0.1) is 0 Å². The topological polar surface area (TPSA) is 85.4 Å². The minimum Gasteiger partial charge on any atom is -0.460 e. The van der Waals surface area contributed by atoms with Gasteiger partial charge in [-0.1, -0.05) is 98.4 Å². The molecule has 0 spiro atoms. The van der Waals surface area contributed by atoms with Crippen molar-refractivity contribution in [1.82, 2.24) is 4.90 Å². The highest BCUT2D eigenvalue weighted by Crippen LogP contribution is 2.55. The zero-order chi connectivity index (χ0) is 28.1. The molecule has 0 radical (unpaired) electrons. The first-order valence-electron chi connectivity index (χ1n) is 13.4. The fraction of sp³-hybridized carbons (Fsp3) is 0.281. The van der Waals surface area contributed by atoms with Crippen LogP contribution in [0, 0.1) is 0 Å². The number of nitrogens with zero attached hydrogens (tertiary/aromatic N) is 2. The summed E-state index contributed by atoms with van der Waals surface area (Å²) >= 11 is 0. The lowest BCUT2D eigenvalue weighted by atomic mass is 9.86. The monoisotopic (exact) mass is 540 g/mol. The zero-order valence-corrected chi connectivity index (χ0v) is 22.4. The van der Waals surface area contributed by atoms with Gasteiger partial charge >= 0.3 is 18.2 Å². The second kappa shape index (κ2) is 11.7. The van der Waals surface area contributed by atoms with Crippen LogP contribution in [0.2, 0.25) is 0 Å². The number of fused-ring (bicyclic) bond motifs is 3. The predicted octanol–water partition coefficient (Wildman–Crippen LogP) is 6.17. The van der Waals surface area contributed by atoms with Crippen molar-refractivity contribution in [3.63, 3.8) is 0 Å². The molecule has 0 bridgehead atoms. The van der Waals surface area contributed by atoms with Crippen LogP contribution >= 0.6 is 0 Å². The van der Waals surface area contributed by atoms with Crippen molar-refractivity contribution in [3.8, 4) is 0 Å². The minimum absolute atomic E-state index is 0.00222. The fourth-order valence-electron chi connectivity index (χ4n) is 5.71. The third-order valence-electron chi connectivity index (χ3n) is 7.60. The summed E-state index contributed by atoms with van der Waals surface area (Å²) in [7, 11) is 0. The Hall–Kier alpha value is -4.59. The number of carbonyl (C=O) groups is 3. The number of carbonyl (C=O) groups excluding carboxylic acids is 3. The van der Waals surface area contributed by atoms with Crippen LogP contribution in [0.15, 0.2) is 97.6 Å². The molecule has 8 nitrogen and oxygen atoms in total. The molecule has 40 heavy (non-hydrogen) atoms. The predicted molar refractivity (Wildman–Crippen MR) is 149 cm³/mol. The quantitative estimate of drug-likeness (QED) is 0.193. The molecule has 8 heteroatoms. The van der Waals surface area contributed by atoms with Gasteiger partial charge in [0.05, 0.1) is 5.69 Å². The Bertz CT molecular complexity index is 1380. The first kappa shape index (κ1) is 27.0. The van der Waals surface area contributed by atoms with E-state index in [2.05, 4.69) is 6.58 Å². The Kier molecular flexibility index (Phi) is 7.86. The van der Waals surface area contributed by atoms with Crippen molar-refractivity contribution in [1.29, 1.82) is 0 Å². The average molecular weight is 541 g/mol. The molecule has 3 aromatic carbocycles. The van der Waals surface area contributed by atoms with Crippen LogP contribution in [0.1, 0.15) is 42.4 Å². The van der Waals surface area contributed by atoms with E-state index in [0.29, 0.717) is 5.69 Å². The number of hydrogen-bond donors (Lipinski definition) is 0. The number of esters is 1. The van der Waals surface area contributed by atoms with E-state index in [1.807, 2.05) is 91.9 Å². The standard InChI is InChI=1S/C32H32N2O6/c1-3-19-38-29(35)32(4-2)20-26-25-17-11-12-18-27(25)33(30(36)39-21-23-13-7-5-8-14-23)28(26)34(32)31(37)40-22-24-15-9-6-10-16-24/h3,5-18,26,28H,1,4,19-22H2,2H3/t26-,28-,32+/m0/s1. The van der Waals surface area contributed by atoms with E-state index in [9.17, 15) is 14.4 Å². The van der Waals surface area contributed by atoms with Crippen LogP contribution in [0.5, 0.6) is 0 Å². The second-order valence-electron chi connectivity index (χ2n) is 9.88. The SMILES string of the molecule is C=CCOC(=O)[C@@]1(CC)C[C@H]2c3ccccc3N(C(=O)OCc3ccccc3)[C@H]2N1C(=O)OCc1ccccc1. The number of ether oxygens (including phenoxy) is 3. The minimum atomic E-state index is -1.35. The molecule has 0 unspecified atom stereocenters. The van der Waals surface area contributed by atoms with Crippen LogP contribution in [-0.4, -0.2) is 41.4 Å². The van der Waals surface area contributed by atoms with Crippen molar-refractivity contribution in [2.45, 2.75) is 50.6 Å². The highest BCUT2D eigenvalue weighted by molar-refractivity contribution is 5.95. The molecule has 2 aliphatic rings. The maximum Gasteiger partial charge on any atom is 0.416 e. The smallest absolute Gasteiger partial charge is 0.416 e. The Balaban J connectivity index is 1.52. The van der Waals surface area contributed by atoms with Gasteiger partial charge in [0, 0.05) is 5.92 Å². The van der Waals surface area contributed by atoms with Crippen LogP contribution < -0.4 is 4.90 Å². The Morgan fingerprint density at radius 3 is 2.02 bits per heavy atom. The van der Waals surface area contributed by atoms with Crippen molar-refractivity contribution in [3.05, 3.63) is 114 Å². The molecule has 0 saturated carbocycles. The molecule has 1 fully saturated rings. The summed E-state index contributed by atoms with van der Waals surface area (Å²) in [5, 5.41) is 0. The van der Waals surface area contributed by atoms with Gasteiger partial charge in [-0.25, -0.2) is 14.4 Å². The highest BCUT2D eigenvalue weighted by atomic mass is 16.6. The number of likely N-dealkylation sites (tertiary alicyclic amines) is 1. The first-order chi connectivity index (χ1) is 19.5. The summed E-state index contributed by atoms with van der Waals surface area (Å²) in [5.41, 5.74) is 1.79. The van der Waals surface area contributed by atoms with Crippen LogP contribution in [-0.2, 0) is 32.2 Å². The number of amides is 2. The number of rotatable bonds is 8. The Morgan fingerprint density at radius 2 is 1.43 bits per heavy atom. The molecular formula is C32H32N2O6. The van der Waals surface area contributed by atoms with Gasteiger partial charge in [0.25, 0.3) is 0 Å². The van der Waals surface area contributed by atoms with E-state index in [-0.39, 0.29) is 38.6 Å². The third-order valence-corrected chi connectivity index (χ3v) is 7.60. The Morgan fingerprint density at radius 1 is 0.850 bits per heavy atom. The van der Waals surface area contributed by atoms with Crippen LogP contribution in [0.25, 0.3) is 0 Å². The summed E-state index contributed by atoms with van der Waals surface area (Å²) in [6.07, 6.45) is -0.133. The third kappa shape index (κ3) is 4.93. The largest absolute Gasteiger partial charge is 0.460 e. The molecule has 2 heterocycles. The first-order valence-corrected chi connectivity index (χ1v) is 13.4. The lowest BCUT2D eigenvalue weighted by molar-refractivity contribution is -0.155. The molecule has 3 aromatic rings. The normalized spacial score (nSPS) is 20.8. The molecule has 1 saturated heterocycles. The summed E-state index contributed by atoms with van der Waals surface area (Å²) in [4.78, 5) is 44.1. The molecule has 0 aromatic heterocycles. The number of para-hydroxylation sites is 1. The van der Waals surface area contributed by atoms with Gasteiger partial charge in [-0.2, -0.15) is 0 Å². The summed E-state index contributed by atoms with van der Waals surface area (Å²) < 4.78 is 17.0. The molecule has 0 N–H and O–H groups in total. The molecular weight excluding hydrogens is 508 g/mol. The van der Waals surface area contributed by atoms with Crippen molar-refractivity contribution >= 4 is 23.8 Å². The average Bonchev–Trinajstić information content (AvgIpc) is 3.50. The molecule has 206 valence electrons. The van der Waals surface area contributed by atoms with E-state index in [4.69, 9.17) is 14.2 Å². The van der Waals surface area contributed by atoms with E-state index in [1.54, 1.807) is 0 Å². The van der Waals surface area contributed by atoms with Crippen molar-refractivity contribution in [2.75, 3.05) is 11.5 Å². The van der Waals surface area contributed by atoms with E-state index in [0.717, 1.165) is 16.7 Å². The highest BCUT2D eigenvalue weighted by Gasteiger charge is 2.64. The van der Waals surface area contributed by atoms with Crippen LogP contribution in [0.4, 0.5) is 15.3 Å². The van der Waals surface area contributed by atoms with Crippen molar-refractivity contribution in [2.24, 2.45) is 0 Å². The molecule has 0 aliphatic carbocycles. The van der Waals surface area contributed by atoms with Gasteiger partial charge in [-0.05, 0) is 35.6 Å². The summed E-state index contributed by atoms with van der Waals surface area (Å²) in [6.45, 7) is 5.55. The Labute approximate surface area is 233 Å². The van der Waals surface area contributed by atoms with Gasteiger partial charge in [0.15, 0.2) is 0 Å². The van der Waals surface area contributed by atoms with Gasteiger partial charge in [0.2, 0.25) is 0 Å². The second-order valence-corrected chi connectivity index (χ2v) is 9.88. The van der Waals surface area contributed by atoms with Gasteiger partial charge in [0.1, 0.15) is 31.5 Å². The number of benzene rings is 3. The lowest BCUT2D eigenvalue weighted by Gasteiger charge is -2.40. The number of hydrogen-bond acceptors (Lipinski definition) is 6. The molecule has 2 amide bonds. The lowest BCUT2D eigenvalue weighted by Crippen LogP contribution is -2.60. The van der Waals surface area contributed by atoms with E-state index in [1.165, 1.54) is 15.9 Å². The van der Waals surface area contributed by atoms with Gasteiger partial charge in [-0.3, -0.25) is 9.80 Å². The zero-order valence-electron chi connectivity index (χ0n) is 22.4. The summed E-state index contributed by atoms with van der Waals surface area (Å²) in [5.74, 6) is -0.906. The molecule has 3 atom stereocenters. The van der Waals surface area contributed by atoms with E-state index < -0.39 is 29.9 Å². The van der Waals surface area contributed by atoms with Gasteiger partial charge < -0.3 is 14.2 Å². The van der Waals surface area contributed by atoms with E-state index >= 15 is 0 Å². The fourth-order valence-corrected chi connectivity index (χ4v) is 5.71. The number of anilines is 1. The molecule has 5 rings (SSSR count). The molecule has 2 aliphatic heterocycles. The van der Waals surface area contributed by atoms with Crippen LogP contribution in [0.3, 0.4) is 0 Å². The summed E-state index contributed by atoms with van der Waals surface area (Å²) in [6, 6.07) is 26.1. The maximum absolute atomic E-state index is 13.9.